The van der Waals surface area contributed by atoms with E-state index in [1.807, 2.05) is 0 Å². The fourth-order valence-electron chi connectivity index (χ4n) is 10.7. The van der Waals surface area contributed by atoms with Gasteiger partial charge >= 0.3 is 0 Å². The van der Waals surface area contributed by atoms with Crippen molar-refractivity contribution in [2.75, 3.05) is 0 Å². The van der Waals surface area contributed by atoms with Crippen LogP contribution in [0.2, 0.25) is 0 Å². The van der Waals surface area contributed by atoms with Crippen LogP contribution >= 0.6 is 0 Å². The molecule has 2 heterocycles. The molecule has 2 aromatic heterocycles. The van der Waals surface area contributed by atoms with Crippen LogP contribution in [0.15, 0.2) is 194 Å². The first-order valence-corrected chi connectivity index (χ1v) is 22.7. The molecular formula is C61H48N2. The molecular weight excluding hydrogens is 761 g/mol. The van der Waals surface area contributed by atoms with Gasteiger partial charge in [-0.05, 0) is 116 Å². The van der Waals surface area contributed by atoms with E-state index in [-0.39, 0.29) is 5.92 Å². The zero-order valence-electron chi connectivity index (χ0n) is 35.8. The lowest BCUT2D eigenvalue weighted by molar-refractivity contribution is 0.559. The SMILES string of the molecule is CCC(C)Cc1ccccc1-n1c2ccccc2c2cc(C3C=c4c(n(-c5ccc(-c6c7ccccc7c(-c7ccccc7)c7ccccc67)cc5)c5ccccc45)=CC3)ccc21. The number of nitrogens with zero attached hydrogens (tertiary/aromatic N) is 2. The van der Waals surface area contributed by atoms with Crippen LogP contribution in [0.1, 0.15) is 43.7 Å². The van der Waals surface area contributed by atoms with E-state index in [9.17, 15) is 0 Å². The first kappa shape index (κ1) is 37.4. The molecule has 0 N–H and O–H groups in total. The largest absolute Gasteiger partial charge is 0.310 e. The summed E-state index contributed by atoms with van der Waals surface area (Å²) in [4.78, 5) is 0. The van der Waals surface area contributed by atoms with Crippen molar-refractivity contribution in [2.45, 2.75) is 39.0 Å². The Morgan fingerprint density at radius 2 is 1.03 bits per heavy atom. The molecule has 0 aliphatic heterocycles. The highest BCUT2D eigenvalue weighted by Crippen LogP contribution is 2.44. The van der Waals surface area contributed by atoms with Gasteiger partial charge in [-0.1, -0.05) is 184 Å². The van der Waals surface area contributed by atoms with Gasteiger partial charge in [-0.3, -0.25) is 0 Å². The molecule has 0 amide bonds. The number of hydrogen-bond donors (Lipinski definition) is 0. The van der Waals surface area contributed by atoms with Gasteiger partial charge in [-0.2, -0.15) is 0 Å². The number of benzene rings is 9. The predicted octanol–water partition coefficient (Wildman–Crippen LogP) is 14.7. The van der Waals surface area contributed by atoms with Crippen molar-refractivity contribution in [1.29, 1.82) is 0 Å². The van der Waals surface area contributed by atoms with Crippen LogP contribution in [0, 0.1) is 5.92 Å². The highest BCUT2D eigenvalue weighted by atomic mass is 15.0. The van der Waals surface area contributed by atoms with Gasteiger partial charge in [0.2, 0.25) is 0 Å². The first-order valence-electron chi connectivity index (χ1n) is 22.7. The predicted molar refractivity (Wildman–Crippen MR) is 269 cm³/mol. The fourth-order valence-corrected chi connectivity index (χ4v) is 10.7. The number of fused-ring (bicyclic) bond motifs is 8. The topological polar surface area (TPSA) is 9.86 Å². The number of rotatable bonds is 8. The number of hydrogen-bond acceptors (Lipinski definition) is 0. The van der Waals surface area contributed by atoms with Crippen molar-refractivity contribution < 1.29 is 0 Å². The van der Waals surface area contributed by atoms with Gasteiger partial charge in [-0.25, -0.2) is 0 Å². The Kier molecular flexibility index (Phi) is 9.00. The van der Waals surface area contributed by atoms with E-state index >= 15 is 0 Å². The van der Waals surface area contributed by atoms with E-state index < -0.39 is 0 Å². The van der Waals surface area contributed by atoms with E-state index in [2.05, 4.69) is 229 Å². The lowest BCUT2D eigenvalue weighted by Crippen LogP contribution is -2.31. The Bertz CT molecular complexity index is 3620. The zero-order valence-corrected chi connectivity index (χ0v) is 35.8. The smallest absolute Gasteiger partial charge is 0.0541 e. The van der Waals surface area contributed by atoms with Crippen LogP contribution in [0.4, 0.5) is 0 Å². The molecule has 11 aromatic rings. The number of para-hydroxylation sites is 3. The summed E-state index contributed by atoms with van der Waals surface area (Å²) in [5.74, 6) is 0.896. The lowest BCUT2D eigenvalue weighted by Gasteiger charge is -2.18. The van der Waals surface area contributed by atoms with Crippen LogP contribution in [0.5, 0.6) is 0 Å². The van der Waals surface area contributed by atoms with Gasteiger partial charge < -0.3 is 9.13 Å². The third kappa shape index (κ3) is 6.08. The quantitative estimate of drug-likeness (QED) is 0.135. The molecule has 63 heavy (non-hydrogen) atoms. The Labute approximate surface area is 368 Å². The Morgan fingerprint density at radius 3 is 1.70 bits per heavy atom. The fraction of sp³-hybridized carbons (Fsp3) is 0.115. The lowest BCUT2D eigenvalue weighted by atomic mass is 9.86. The standard InChI is InChI=1S/C61H48N2/c1-3-40(2)37-45-19-7-14-26-55(45)63-57-28-16-13-21-48(57)54-39-44(32-36-59(54)63)43-31-35-58-53(38-43)47-20-12-15-27-56(47)62(58)46-33-29-42(30-34-46)61-51-24-10-8-22-49(51)60(41-17-5-4-6-18-41)50-23-9-11-25-52(50)61/h4-30,32-36,38-40,43H,3,31,37H2,1-2H3. The Morgan fingerprint density at radius 1 is 0.492 bits per heavy atom. The molecule has 2 atom stereocenters. The third-order valence-corrected chi connectivity index (χ3v) is 13.9. The van der Waals surface area contributed by atoms with Gasteiger partial charge in [0.1, 0.15) is 0 Å². The Hall–Kier alpha value is -7.42. The summed E-state index contributed by atoms with van der Waals surface area (Å²) in [5.41, 5.74) is 14.1. The van der Waals surface area contributed by atoms with Gasteiger partial charge in [0.15, 0.2) is 0 Å². The molecule has 0 spiro atoms. The van der Waals surface area contributed by atoms with E-state index in [0.717, 1.165) is 12.8 Å². The van der Waals surface area contributed by atoms with Crippen molar-refractivity contribution in [3.63, 3.8) is 0 Å². The van der Waals surface area contributed by atoms with Crippen LogP contribution in [0.3, 0.4) is 0 Å². The maximum Gasteiger partial charge on any atom is 0.0541 e. The second-order valence-electron chi connectivity index (χ2n) is 17.6. The second kappa shape index (κ2) is 15.2. The maximum atomic E-state index is 2.54. The molecule has 0 radical (unpaired) electrons. The molecule has 0 fully saturated rings. The third-order valence-electron chi connectivity index (χ3n) is 13.9. The summed E-state index contributed by atoms with van der Waals surface area (Å²) in [7, 11) is 0. The molecule has 1 aliphatic rings. The normalized spacial score (nSPS) is 14.3. The van der Waals surface area contributed by atoms with E-state index in [0.29, 0.717) is 5.92 Å². The molecule has 9 aromatic carbocycles. The molecule has 2 unspecified atom stereocenters. The monoisotopic (exact) mass is 808 g/mol. The molecule has 1 aliphatic carbocycles. The van der Waals surface area contributed by atoms with E-state index in [4.69, 9.17) is 0 Å². The number of aromatic nitrogens is 2. The maximum absolute atomic E-state index is 2.54. The van der Waals surface area contributed by atoms with Gasteiger partial charge in [0.05, 0.1) is 16.6 Å². The van der Waals surface area contributed by atoms with Crippen molar-refractivity contribution in [3.05, 3.63) is 216 Å². The molecule has 302 valence electrons. The summed E-state index contributed by atoms with van der Waals surface area (Å²) >= 11 is 0. The molecule has 12 rings (SSSR count). The van der Waals surface area contributed by atoms with Gasteiger partial charge in [0, 0.05) is 44.0 Å². The van der Waals surface area contributed by atoms with Crippen molar-refractivity contribution in [3.8, 4) is 33.6 Å². The first-order chi connectivity index (χ1) is 31.1. The minimum absolute atomic E-state index is 0.267. The molecule has 2 heteroatoms. The molecule has 2 nitrogen and oxygen atoms in total. The highest BCUT2D eigenvalue weighted by molar-refractivity contribution is 6.21. The second-order valence-corrected chi connectivity index (χ2v) is 17.6. The minimum Gasteiger partial charge on any atom is -0.310 e. The molecule has 0 saturated heterocycles. The summed E-state index contributed by atoms with van der Waals surface area (Å²) in [5, 5.41) is 11.6. The molecule has 0 bridgehead atoms. The Balaban J connectivity index is 0.960. The average Bonchev–Trinajstić information content (AvgIpc) is 3.86. The van der Waals surface area contributed by atoms with Crippen LogP contribution in [-0.4, -0.2) is 9.13 Å². The van der Waals surface area contributed by atoms with Crippen LogP contribution < -0.4 is 10.6 Å². The minimum atomic E-state index is 0.267. The zero-order chi connectivity index (χ0) is 42.0. The van der Waals surface area contributed by atoms with Gasteiger partial charge in [0.25, 0.3) is 0 Å². The van der Waals surface area contributed by atoms with Crippen molar-refractivity contribution >= 4 is 66.4 Å². The van der Waals surface area contributed by atoms with Crippen LogP contribution in [0.25, 0.3) is 100 Å². The highest BCUT2D eigenvalue weighted by Gasteiger charge is 2.21. The van der Waals surface area contributed by atoms with E-state index in [1.54, 1.807) is 0 Å². The van der Waals surface area contributed by atoms with Crippen molar-refractivity contribution in [1.82, 2.24) is 9.13 Å². The van der Waals surface area contributed by atoms with E-state index in [1.165, 1.54) is 116 Å². The summed E-state index contributed by atoms with van der Waals surface area (Å²) < 4.78 is 4.98. The van der Waals surface area contributed by atoms with Crippen molar-refractivity contribution in [2.24, 2.45) is 5.92 Å². The van der Waals surface area contributed by atoms with Crippen LogP contribution in [-0.2, 0) is 6.42 Å². The summed E-state index contributed by atoms with van der Waals surface area (Å²) in [6.07, 6.45) is 8.21. The average molecular weight is 809 g/mol. The summed E-state index contributed by atoms with van der Waals surface area (Å²) in [6.45, 7) is 4.66. The molecule has 0 saturated carbocycles. The van der Waals surface area contributed by atoms with Gasteiger partial charge in [-0.15, -0.1) is 0 Å². The summed E-state index contributed by atoms with van der Waals surface area (Å²) in [6, 6.07) is 72.1.